The highest BCUT2D eigenvalue weighted by Crippen LogP contribution is 2.25. The molecule has 0 bridgehead atoms. The molecule has 7 heteroatoms. The van der Waals surface area contributed by atoms with Gasteiger partial charge in [0.1, 0.15) is 18.2 Å². The molecule has 1 N–H and O–H groups in total. The Labute approximate surface area is 170 Å². The summed E-state index contributed by atoms with van der Waals surface area (Å²) >= 11 is 0. The van der Waals surface area contributed by atoms with Gasteiger partial charge in [0.2, 0.25) is 0 Å². The van der Waals surface area contributed by atoms with Crippen molar-refractivity contribution in [2.24, 2.45) is 0 Å². The lowest BCUT2D eigenvalue weighted by molar-refractivity contribution is 0.191. The average Bonchev–Trinajstić information content (AvgIpc) is 3.24. The molecule has 2 aliphatic rings. The van der Waals surface area contributed by atoms with E-state index in [0.717, 1.165) is 18.0 Å². The van der Waals surface area contributed by atoms with E-state index in [2.05, 4.69) is 33.4 Å². The van der Waals surface area contributed by atoms with Crippen LogP contribution >= 0.6 is 0 Å². The Balaban J connectivity index is 1.19. The van der Waals surface area contributed by atoms with E-state index in [1.165, 1.54) is 24.0 Å². The summed E-state index contributed by atoms with van der Waals surface area (Å²) in [6.45, 7) is 3.56. The maximum absolute atomic E-state index is 12.4. The van der Waals surface area contributed by atoms with E-state index in [1.807, 2.05) is 6.07 Å². The first-order valence-corrected chi connectivity index (χ1v) is 10.1. The first-order valence-electron chi connectivity index (χ1n) is 10.1. The second kappa shape index (κ2) is 8.82. The number of nitriles is 1. The van der Waals surface area contributed by atoms with Crippen molar-refractivity contribution in [1.82, 2.24) is 15.2 Å². The Morgan fingerprint density at radius 3 is 2.79 bits per heavy atom. The number of anilines is 1. The van der Waals surface area contributed by atoms with Crippen LogP contribution in [0.2, 0.25) is 0 Å². The fraction of sp³-hybridized carbons (Fsp3) is 0.409. The van der Waals surface area contributed by atoms with Gasteiger partial charge in [-0.15, -0.1) is 0 Å². The van der Waals surface area contributed by atoms with Crippen LogP contribution in [0.15, 0.2) is 36.5 Å². The lowest BCUT2D eigenvalue weighted by atomic mass is 10.1. The van der Waals surface area contributed by atoms with Gasteiger partial charge in [0, 0.05) is 32.4 Å². The van der Waals surface area contributed by atoms with Gasteiger partial charge < -0.3 is 19.9 Å². The van der Waals surface area contributed by atoms with Crippen LogP contribution in [-0.2, 0) is 12.8 Å². The van der Waals surface area contributed by atoms with Crippen LogP contribution in [0, 0.1) is 11.3 Å². The number of nitrogens with one attached hydrogen (secondary N) is 1. The van der Waals surface area contributed by atoms with Gasteiger partial charge >= 0.3 is 6.03 Å². The fourth-order valence-electron chi connectivity index (χ4n) is 3.88. The van der Waals surface area contributed by atoms with E-state index in [1.54, 1.807) is 23.2 Å². The van der Waals surface area contributed by atoms with Crippen LogP contribution < -0.4 is 15.0 Å². The normalized spacial score (nSPS) is 15.6. The molecule has 1 fully saturated rings. The van der Waals surface area contributed by atoms with Crippen molar-refractivity contribution in [3.8, 4) is 11.8 Å². The van der Waals surface area contributed by atoms with Gasteiger partial charge in [0.15, 0.2) is 0 Å². The monoisotopic (exact) mass is 391 g/mol. The number of urea groups is 1. The highest BCUT2D eigenvalue weighted by Gasteiger charge is 2.21. The number of carbonyl (C=O) groups is 1. The number of aryl methyl sites for hydroxylation is 2. The minimum atomic E-state index is -0.0686. The van der Waals surface area contributed by atoms with Crippen LogP contribution in [0.5, 0.6) is 5.75 Å². The molecule has 1 aromatic carbocycles. The molecule has 0 atom stereocenters. The Morgan fingerprint density at radius 2 is 1.97 bits per heavy atom. The van der Waals surface area contributed by atoms with Crippen LogP contribution in [0.1, 0.15) is 23.1 Å². The maximum atomic E-state index is 12.4. The summed E-state index contributed by atoms with van der Waals surface area (Å²) in [4.78, 5) is 20.6. The molecular weight excluding hydrogens is 366 g/mol. The number of ether oxygens (including phenoxy) is 1. The Kier molecular flexibility index (Phi) is 5.80. The van der Waals surface area contributed by atoms with Gasteiger partial charge in [-0.1, -0.05) is 6.07 Å². The third-order valence-electron chi connectivity index (χ3n) is 5.48. The molecule has 2 amide bonds. The number of rotatable bonds is 5. The molecule has 1 aliphatic heterocycles. The third kappa shape index (κ3) is 4.60. The summed E-state index contributed by atoms with van der Waals surface area (Å²) in [5.41, 5.74) is 3.41. The molecule has 2 aromatic rings. The number of nitrogens with zero attached hydrogens (tertiary/aromatic N) is 4. The molecule has 0 spiro atoms. The quantitative estimate of drug-likeness (QED) is 0.792. The van der Waals surface area contributed by atoms with Gasteiger partial charge in [0.25, 0.3) is 0 Å². The minimum Gasteiger partial charge on any atom is -0.492 e. The third-order valence-corrected chi connectivity index (χ3v) is 5.48. The molecule has 1 saturated heterocycles. The van der Waals surface area contributed by atoms with E-state index in [4.69, 9.17) is 10.00 Å². The number of piperazine rings is 1. The number of hydrogen-bond donors (Lipinski definition) is 1. The Hall–Kier alpha value is -3.27. The number of hydrogen-bond acceptors (Lipinski definition) is 5. The molecule has 1 aromatic heterocycles. The fourth-order valence-corrected chi connectivity index (χ4v) is 3.88. The van der Waals surface area contributed by atoms with Gasteiger partial charge in [0.05, 0.1) is 18.2 Å². The molecule has 2 heterocycles. The summed E-state index contributed by atoms with van der Waals surface area (Å²) in [5, 5.41) is 12.0. The summed E-state index contributed by atoms with van der Waals surface area (Å²) in [7, 11) is 0. The summed E-state index contributed by atoms with van der Waals surface area (Å²) in [6.07, 6.45) is 5.17. The Bertz CT molecular complexity index is 916. The number of aromatic nitrogens is 1. The maximum Gasteiger partial charge on any atom is 0.317 e. The zero-order valence-corrected chi connectivity index (χ0v) is 16.4. The van der Waals surface area contributed by atoms with E-state index in [-0.39, 0.29) is 6.03 Å². The number of fused-ring (bicyclic) bond motifs is 1. The molecule has 4 rings (SSSR count). The van der Waals surface area contributed by atoms with E-state index in [0.29, 0.717) is 44.9 Å². The second-order valence-corrected chi connectivity index (χ2v) is 7.35. The zero-order chi connectivity index (χ0) is 20.1. The molecule has 0 radical (unpaired) electrons. The van der Waals surface area contributed by atoms with Crippen molar-refractivity contribution >= 4 is 11.8 Å². The van der Waals surface area contributed by atoms with Crippen LogP contribution in [-0.4, -0.2) is 55.2 Å². The molecular formula is C22H25N5O2. The summed E-state index contributed by atoms with van der Waals surface area (Å²) in [5.74, 6) is 1.66. The average molecular weight is 391 g/mol. The smallest absolute Gasteiger partial charge is 0.317 e. The molecule has 29 heavy (non-hydrogen) atoms. The van der Waals surface area contributed by atoms with Crippen molar-refractivity contribution in [2.45, 2.75) is 19.3 Å². The van der Waals surface area contributed by atoms with Crippen molar-refractivity contribution in [3.63, 3.8) is 0 Å². The van der Waals surface area contributed by atoms with E-state index in [9.17, 15) is 4.79 Å². The predicted molar refractivity (Wildman–Crippen MR) is 110 cm³/mol. The molecule has 1 aliphatic carbocycles. The van der Waals surface area contributed by atoms with Crippen molar-refractivity contribution in [2.75, 3.05) is 44.2 Å². The van der Waals surface area contributed by atoms with Crippen LogP contribution in [0.3, 0.4) is 0 Å². The highest BCUT2D eigenvalue weighted by molar-refractivity contribution is 5.74. The molecule has 0 saturated carbocycles. The predicted octanol–water partition coefficient (Wildman–Crippen LogP) is 2.35. The zero-order valence-electron chi connectivity index (χ0n) is 16.4. The number of carbonyl (C=O) groups excluding carboxylic acids is 1. The number of benzene rings is 1. The standard InChI is InChI=1S/C22H25N5O2/c23-16-17-6-7-24-21(14-17)26-9-11-27(12-10-26)22(28)25-8-13-29-20-5-4-18-2-1-3-19(18)15-20/h4-7,14-15H,1-3,8-13H2,(H,25,28). The van der Waals surface area contributed by atoms with Gasteiger partial charge in [-0.25, -0.2) is 9.78 Å². The first kappa shape index (κ1) is 19.1. The Morgan fingerprint density at radius 1 is 1.14 bits per heavy atom. The van der Waals surface area contributed by atoms with Gasteiger partial charge in [-0.05, 0) is 54.7 Å². The van der Waals surface area contributed by atoms with Crippen molar-refractivity contribution in [3.05, 3.63) is 53.2 Å². The second-order valence-electron chi connectivity index (χ2n) is 7.35. The van der Waals surface area contributed by atoms with Crippen LogP contribution in [0.25, 0.3) is 0 Å². The molecule has 0 unspecified atom stereocenters. The van der Waals surface area contributed by atoms with E-state index >= 15 is 0 Å². The first-order chi connectivity index (χ1) is 14.2. The topological polar surface area (TPSA) is 81.5 Å². The highest BCUT2D eigenvalue weighted by atomic mass is 16.5. The SMILES string of the molecule is N#Cc1ccnc(N2CCN(C(=O)NCCOc3ccc4c(c3)CCC4)CC2)c1. The number of pyridine rings is 1. The molecule has 150 valence electrons. The summed E-state index contributed by atoms with van der Waals surface area (Å²) in [6, 6.07) is 11.8. The van der Waals surface area contributed by atoms with Gasteiger partial charge in [-0.2, -0.15) is 5.26 Å². The molecule has 7 nitrogen and oxygen atoms in total. The lowest BCUT2D eigenvalue weighted by Gasteiger charge is -2.35. The van der Waals surface area contributed by atoms with E-state index < -0.39 is 0 Å². The lowest BCUT2D eigenvalue weighted by Crippen LogP contribution is -2.52. The van der Waals surface area contributed by atoms with Gasteiger partial charge in [-0.3, -0.25) is 0 Å². The minimum absolute atomic E-state index is 0.0686. The van der Waals surface area contributed by atoms with Crippen LogP contribution in [0.4, 0.5) is 10.6 Å². The van der Waals surface area contributed by atoms with Crippen molar-refractivity contribution < 1.29 is 9.53 Å². The number of amides is 2. The largest absolute Gasteiger partial charge is 0.492 e. The van der Waals surface area contributed by atoms with Crippen molar-refractivity contribution in [1.29, 1.82) is 5.26 Å². The summed E-state index contributed by atoms with van der Waals surface area (Å²) < 4.78 is 5.79.